The number of ether oxygens (including phenoxy) is 1. The Morgan fingerprint density at radius 2 is 2.07 bits per heavy atom. The first-order chi connectivity index (χ1) is 6.88. The normalized spacial score (nSPS) is 10.7. The van der Waals surface area contributed by atoms with Crippen LogP contribution in [0.3, 0.4) is 0 Å². The molecule has 0 saturated carbocycles. The molecule has 76 valence electrons. The number of methoxy groups -OCH3 is 1. The summed E-state index contributed by atoms with van der Waals surface area (Å²) in [6, 6.07) is 8.07. The Kier molecular flexibility index (Phi) is 4.84. The summed E-state index contributed by atoms with van der Waals surface area (Å²) in [7, 11) is 1.71. The Bertz CT molecular complexity index is 289. The van der Waals surface area contributed by atoms with Crippen molar-refractivity contribution in [2.75, 3.05) is 7.11 Å². The lowest BCUT2D eigenvalue weighted by Crippen LogP contribution is -1.85. The first kappa shape index (κ1) is 10.8. The molecule has 0 fully saturated rings. The predicted octanol–water partition coefficient (Wildman–Crippen LogP) is 3.90. The van der Waals surface area contributed by atoms with Crippen molar-refractivity contribution >= 4 is 6.08 Å². The molecule has 1 rings (SSSR count). The van der Waals surface area contributed by atoms with Gasteiger partial charge < -0.3 is 4.74 Å². The number of allylic oxidation sites excluding steroid dienone is 1. The van der Waals surface area contributed by atoms with Gasteiger partial charge in [0.2, 0.25) is 0 Å². The van der Waals surface area contributed by atoms with Gasteiger partial charge in [0.1, 0.15) is 5.75 Å². The van der Waals surface area contributed by atoms with E-state index in [1.54, 1.807) is 7.11 Å². The Balaban J connectivity index is 2.61. The minimum Gasteiger partial charge on any atom is -0.496 e. The van der Waals surface area contributed by atoms with Crippen molar-refractivity contribution in [2.24, 2.45) is 0 Å². The van der Waals surface area contributed by atoms with Crippen molar-refractivity contribution in [1.82, 2.24) is 0 Å². The summed E-state index contributed by atoms with van der Waals surface area (Å²) in [5.41, 5.74) is 1.16. The Morgan fingerprint density at radius 3 is 2.79 bits per heavy atom. The van der Waals surface area contributed by atoms with Crippen LogP contribution >= 0.6 is 0 Å². The minimum atomic E-state index is 0.945. The molecule has 0 aliphatic carbocycles. The highest BCUT2D eigenvalue weighted by atomic mass is 16.5. The molecular weight excluding hydrogens is 172 g/mol. The SMILES string of the molecule is CCCC/C=C/c1ccccc1OC. The highest BCUT2D eigenvalue weighted by molar-refractivity contribution is 5.56. The van der Waals surface area contributed by atoms with Crippen molar-refractivity contribution in [1.29, 1.82) is 0 Å². The largest absolute Gasteiger partial charge is 0.496 e. The number of unbranched alkanes of at least 4 members (excludes halogenated alkanes) is 2. The maximum absolute atomic E-state index is 5.25. The molecule has 0 radical (unpaired) electrons. The fourth-order valence-corrected chi connectivity index (χ4v) is 1.34. The summed E-state index contributed by atoms with van der Waals surface area (Å²) in [5, 5.41) is 0. The second kappa shape index (κ2) is 6.25. The molecule has 0 amide bonds. The van der Waals surface area contributed by atoms with Gasteiger partial charge in [0, 0.05) is 5.56 Å². The van der Waals surface area contributed by atoms with Crippen LogP contribution in [0.25, 0.3) is 6.08 Å². The van der Waals surface area contributed by atoms with Crippen LogP contribution in [0.15, 0.2) is 30.3 Å². The van der Waals surface area contributed by atoms with E-state index in [0.29, 0.717) is 0 Å². The van der Waals surface area contributed by atoms with Crippen LogP contribution in [0.4, 0.5) is 0 Å². The third kappa shape index (κ3) is 3.25. The third-order valence-corrected chi connectivity index (χ3v) is 2.16. The predicted molar refractivity (Wildman–Crippen MR) is 61.6 cm³/mol. The zero-order valence-electron chi connectivity index (χ0n) is 8.99. The van der Waals surface area contributed by atoms with Crippen LogP contribution in [0.1, 0.15) is 31.7 Å². The molecule has 0 N–H and O–H groups in total. The summed E-state index contributed by atoms with van der Waals surface area (Å²) >= 11 is 0. The Labute approximate surface area is 86.4 Å². The van der Waals surface area contributed by atoms with Gasteiger partial charge in [-0.2, -0.15) is 0 Å². The van der Waals surface area contributed by atoms with Crippen molar-refractivity contribution in [3.63, 3.8) is 0 Å². The molecule has 0 unspecified atom stereocenters. The van der Waals surface area contributed by atoms with E-state index in [4.69, 9.17) is 4.74 Å². The number of para-hydroxylation sites is 1. The van der Waals surface area contributed by atoms with Crippen molar-refractivity contribution in [3.05, 3.63) is 35.9 Å². The quantitative estimate of drug-likeness (QED) is 0.640. The van der Waals surface area contributed by atoms with Gasteiger partial charge in [-0.05, 0) is 12.5 Å². The van der Waals surface area contributed by atoms with Crippen LogP contribution in [-0.4, -0.2) is 7.11 Å². The molecule has 1 heteroatoms. The maximum atomic E-state index is 5.25. The van der Waals surface area contributed by atoms with Gasteiger partial charge in [0.15, 0.2) is 0 Å². The van der Waals surface area contributed by atoms with Gasteiger partial charge in [-0.1, -0.05) is 50.1 Å². The lowest BCUT2D eigenvalue weighted by molar-refractivity contribution is 0.414. The molecule has 0 saturated heterocycles. The number of rotatable bonds is 5. The first-order valence-corrected chi connectivity index (χ1v) is 5.18. The molecule has 0 heterocycles. The van der Waals surface area contributed by atoms with E-state index >= 15 is 0 Å². The van der Waals surface area contributed by atoms with Crippen molar-refractivity contribution in [2.45, 2.75) is 26.2 Å². The fraction of sp³-hybridized carbons (Fsp3) is 0.385. The summed E-state index contributed by atoms with van der Waals surface area (Å²) in [5.74, 6) is 0.945. The van der Waals surface area contributed by atoms with Gasteiger partial charge in [0.25, 0.3) is 0 Å². The molecular formula is C13H18O. The number of hydrogen-bond donors (Lipinski definition) is 0. The van der Waals surface area contributed by atoms with E-state index in [9.17, 15) is 0 Å². The summed E-state index contributed by atoms with van der Waals surface area (Å²) in [6.45, 7) is 2.21. The third-order valence-electron chi connectivity index (χ3n) is 2.16. The molecule has 0 spiro atoms. The van der Waals surface area contributed by atoms with Gasteiger partial charge in [0.05, 0.1) is 7.11 Å². The first-order valence-electron chi connectivity index (χ1n) is 5.18. The Morgan fingerprint density at radius 1 is 1.29 bits per heavy atom. The molecule has 0 aromatic heterocycles. The summed E-state index contributed by atoms with van der Waals surface area (Å²) in [6.07, 6.45) is 7.99. The molecule has 0 atom stereocenters. The summed E-state index contributed by atoms with van der Waals surface area (Å²) < 4.78 is 5.25. The number of hydrogen-bond acceptors (Lipinski definition) is 1. The molecule has 1 nitrogen and oxygen atoms in total. The smallest absolute Gasteiger partial charge is 0.126 e. The minimum absolute atomic E-state index is 0.945. The van der Waals surface area contributed by atoms with Crippen molar-refractivity contribution in [3.8, 4) is 5.75 Å². The maximum Gasteiger partial charge on any atom is 0.126 e. The van der Waals surface area contributed by atoms with Crippen LogP contribution in [0.5, 0.6) is 5.75 Å². The van der Waals surface area contributed by atoms with Crippen LogP contribution in [0.2, 0.25) is 0 Å². The second-order valence-corrected chi connectivity index (χ2v) is 3.29. The molecule has 0 aliphatic heterocycles. The summed E-state index contributed by atoms with van der Waals surface area (Å²) in [4.78, 5) is 0. The second-order valence-electron chi connectivity index (χ2n) is 3.29. The Hall–Kier alpha value is -1.24. The van der Waals surface area contributed by atoms with E-state index in [1.165, 1.54) is 12.8 Å². The molecule has 1 aromatic carbocycles. The van der Waals surface area contributed by atoms with Crippen molar-refractivity contribution < 1.29 is 4.74 Å². The van der Waals surface area contributed by atoms with E-state index < -0.39 is 0 Å². The topological polar surface area (TPSA) is 9.23 Å². The standard InChI is InChI=1S/C13H18O/c1-3-4-5-6-9-12-10-7-8-11-13(12)14-2/h6-11H,3-5H2,1-2H3/b9-6+. The molecule has 1 aromatic rings. The van der Waals surface area contributed by atoms with Crippen LogP contribution < -0.4 is 4.74 Å². The number of benzene rings is 1. The van der Waals surface area contributed by atoms with E-state index in [-0.39, 0.29) is 0 Å². The van der Waals surface area contributed by atoms with Crippen LogP contribution in [-0.2, 0) is 0 Å². The van der Waals surface area contributed by atoms with E-state index in [2.05, 4.69) is 25.1 Å². The molecule has 0 aliphatic rings. The van der Waals surface area contributed by atoms with Gasteiger partial charge >= 0.3 is 0 Å². The molecule has 0 bridgehead atoms. The zero-order valence-corrected chi connectivity index (χ0v) is 8.99. The lowest BCUT2D eigenvalue weighted by Gasteiger charge is -2.02. The monoisotopic (exact) mass is 190 g/mol. The van der Waals surface area contributed by atoms with Crippen LogP contribution in [0, 0.1) is 0 Å². The highest BCUT2D eigenvalue weighted by Gasteiger charge is 1.95. The van der Waals surface area contributed by atoms with Gasteiger partial charge in [-0.15, -0.1) is 0 Å². The zero-order chi connectivity index (χ0) is 10.2. The molecule has 14 heavy (non-hydrogen) atoms. The highest BCUT2D eigenvalue weighted by Crippen LogP contribution is 2.18. The van der Waals surface area contributed by atoms with Gasteiger partial charge in [-0.25, -0.2) is 0 Å². The van der Waals surface area contributed by atoms with E-state index in [1.807, 2.05) is 18.2 Å². The fourth-order valence-electron chi connectivity index (χ4n) is 1.34. The van der Waals surface area contributed by atoms with E-state index in [0.717, 1.165) is 17.7 Å². The van der Waals surface area contributed by atoms with Gasteiger partial charge in [-0.3, -0.25) is 0 Å². The average Bonchev–Trinajstić information content (AvgIpc) is 2.25. The lowest BCUT2D eigenvalue weighted by atomic mass is 10.1. The average molecular weight is 190 g/mol.